The smallest absolute Gasteiger partial charge is 0.283 e. The van der Waals surface area contributed by atoms with Crippen molar-refractivity contribution in [2.45, 2.75) is 31.6 Å². The van der Waals surface area contributed by atoms with Gasteiger partial charge in [0.2, 0.25) is 0 Å². The molecule has 0 spiro atoms. The average molecular weight is 463 g/mol. The lowest BCUT2D eigenvalue weighted by Gasteiger charge is -2.16. The van der Waals surface area contributed by atoms with E-state index in [1.54, 1.807) is 18.2 Å². The molecule has 0 saturated carbocycles. The van der Waals surface area contributed by atoms with E-state index in [-0.39, 0.29) is 11.6 Å². The average Bonchev–Trinajstić information content (AvgIpc) is 3.01. The largest absolute Gasteiger partial charge is 0.350 e. The fraction of sp³-hybridized carbons (Fsp3) is 0.154. The monoisotopic (exact) mass is 462 g/mol. The molecule has 0 unspecified atom stereocenters. The molecule has 0 radical (unpaired) electrons. The minimum absolute atomic E-state index is 0.262. The summed E-state index contributed by atoms with van der Waals surface area (Å²) >= 11 is 7.55. The molecule has 4 rings (SSSR count). The van der Waals surface area contributed by atoms with E-state index in [1.807, 2.05) is 61.5 Å². The molecule has 0 atom stereocenters. The van der Waals surface area contributed by atoms with Gasteiger partial charge in [0, 0.05) is 15.6 Å². The minimum atomic E-state index is -0.402. The molecule has 2 amide bonds. The predicted octanol–water partition coefficient (Wildman–Crippen LogP) is 6.76. The van der Waals surface area contributed by atoms with Gasteiger partial charge in [0.1, 0.15) is 10.6 Å². The van der Waals surface area contributed by atoms with Gasteiger partial charge in [-0.15, -0.1) is 0 Å². The van der Waals surface area contributed by atoms with Crippen LogP contribution >= 0.6 is 23.4 Å². The van der Waals surface area contributed by atoms with E-state index in [0.29, 0.717) is 21.5 Å². The second-order valence-electron chi connectivity index (χ2n) is 7.90. The van der Waals surface area contributed by atoms with Crippen LogP contribution in [0.2, 0.25) is 5.02 Å². The zero-order valence-corrected chi connectivity index (χ0v) is 19.6. The van der Waals surface area contributed by atoms with Crippen LogP contribution < -0.4 is 10.2 Å². The summed E-state index contributed by atoms with van der Waals surface area (Å²) < 4.78 is 0. The normalized spacial score (nSPS) is 14.0. The summed E-state index contributed by atoms with van der Waals surface area (Å²) in [5.41, 5.74) is 3.55. The first-order chi connectivity index (χ1) is 15.3. The Balaban J connectivity index is 1.72. The fourth-order valence-corrected chi connectivity index (χ4v) is 4.49. The van der Waals surface area contributed by atoms with E-state index in [4.69, 9.17) is 11.6 Å². The molecule has 3 aromatic rings. The second kappa shape index (κ2) is 9.23. The zero-order chi connectivity index (χ0) is 22.8. The maximum absolute atomic E-state index is 13.4. The number of carbonyl (C=O) groups excluding carboxylic acids is 2. The maximum Gasteiger partial charge on any atom is 0.283 e. The second-order valence-corrected chi connectivity index (χ2v) is 9.39. The summed E-state index contributed by atoms with van der Waals surface area (Å²) in [7, 11) is 0. The molecule has 4 nitrogen and oxygen atoms in total. The van der Waals surface area contributed by atoms with Crippen molar-refractivity contribution in [1.29, 1.82) is 0 Å². The van der Waals surface area contributed by atoms with Crippen LogP contribution in [0.4, 0.5) is 11.4 Å². The van der Waals surface area contributed by atoms with Gasteiger partial charge in [0.15, 0.2) is 0 Å². The third-order valence-corrected chi connectivity index (χ3v) is 6.76. The summed E-state index contributed by atoms with van der Waals surface area (Å²) in [6.45, 7) is 6.13. The van der Waals surface area contributed by atoms with E-state index in [9.17, 15) is 9.59 Å². The fourth-order valence-electron chi connectivity index (χ4n) is 3.37. The molecule has 0 aromatic heterocycles. The van der Waals surface area contributed by atoms with Crippen LogP contribution in [0.1, 0.15) is 30.9 Å². The molecule has 0 saturated heterocycles. The number of hydrogen-bond acceptors (Lipinski definition) is 4. The molecule has 162 valence electrons. The Bertz CT molecular complexity index is 1200. The Kier molecular flexibility index (Phi) is 6.40. The Hall–Kier alpha value is -3.02. The SMILES string of the molecule is Cc1ccc(N2C(=O)C(Nc3ccc(C(C)C)cc3)=C(Sc3ccccc3)C2=O)cc1Cl. The van der Waals surface area contributed by atoms with Crippen LogP contribution in [-0.4, -0.2) is 11.8 Å². The van der Waals surface area contributed by atoms with Crippen LogP contribution in [0.25, 0.3) is 0 Å². The van der Waals surface area contributed by atoms with Crippen LogP contribution in [0.3, 0.4) is 0 Å². The van der Waals surface area contributed by atoms with Gasteiger partial charge in [0.05, 0.1) is 5.69 Å². The van der Waals surface area contributed by atoms with E-state index in [2.05, 4.69) is 19.2 Å². The highest BCUT2D eigenvalue weighted by molar-refractivity contribution is 8.04. The summed E-state index contributed by atoms with van der Waals surface area (Å²) in [5, 5.41) is 3.70. The number of benzene rings is 3. The van der Waals surface area contributed by atoms with E-state index < -0.39 is 5.91 Å². The number of nitrogens with one attached hydrogen (secondary N) is 1. The van der Waals surface area contributed by atoms with Crippen LogP contribution in [-0.2, 0) is 9.59 Å². The van der Waals surface area contributed by atoms with E-state index in [0.717, 1.165) is 16.1 Å². The highest BCUT2D eigenvalue weighted by Gasteiger charge is 2.40. The summed E-state index contributed by atoms with van der Waals surface area (Å²) in [5.74, 6) is -0.365. The number of rotatable bonds is 6. The van der Waals surface area contributed by atoms with Gasteiger partial charge in [-0.05, 0) is 60.4 Å². The molecule has 1 heterocycles. The molecule has 0 bridgehead atoms. The van der Waals surface area contributed by atoms with Gasteiger partial charge in [-0.2, -0.15) is 0 Å². The van der Waals surface area contributed by atoms with E-state index in [1.165, 1.54) is 22.2 Å². The molecular formula is C26H23ClN2O2S. The molecule has 0 aliphatic carbocycles. The van der Waals surface area contributed by atoms with Crippen molar-refractivity contribution in [3.63, 3.8) is 0 Å². The quantitative estimate of drug-likeness (QED) is 0.411. The molecule has 32 heavy (non-hydrogen) atoms. The molecule has 3 aromatic carbocycles. The van der Waals surface area contributed by atoms with Crippen molar-refractivity contribution in [3.05, 3.63) is 99.5 Å². The Morgan fingerprint density at radius 3 is 2.22 bits per heavy atom. The third-order valence-electron chi connectivity index (χ3n) is 5.26. The topological polar surface area (TPSA) is 49.4 Å². The standard InChI is InChI=1S/C26H23ClN2O2S/c1-16(2)18-10-12-19(13-11-18)28-23-24(32-21-7-5-4-6-8-21)26(31)29(25(23)30)20-14-9-17(3)22(27)15-20/h4-16,28H,1-3H3. The Morgan fingerprint density at radius 1 is 0.906 bits per heavy atom. The molecule has 0 fully saturated rings. The van der Waals surface area contributed by atoms with Gasteiger partial charge < -0.3 is 5.32 Å². The van der Waals surface area contributed by atoms with Crippen molar-refractivity contribution in [2.75, 3.05) is 10.2 Å². The third kappa shape index (κ3) is 4.45. The molecule has 1 N–H and O–H groups in total. The highest BCUT2D eigenvalue weighted by atomic mass is 35.5. The lowest BCUT2D eigenvalue weighted by Crippen LogP contribution is -2.32. The molecule has 1 aliphatic heterocycles. The zero-order valence-electron chi connectivity index (χ0n) is 18.1. The summed E-state index contributed by atoms with van der Waals surface area (Å²) in [4.78, 5) is 29.2. The number of halogens is 1. The predicted molar refractivity (Wildman–Crippen MR) is 132 cm³/mol. The number of carbonyl (C=O) groups is 2. The summed E-state index contributed by atoms with van der Waals surface area (Å²) in [6, 6.07) is 22.6. The number of hydrogen-bond donors (Lipinski definition) is 1. The minimum Gasteiger partial charge on any atom is -0.350 e. The van der Waals surface area contributed by atoms with Gasteiger partial charge in [-0.25, -0.2) is 4.90 Å². The Morgan fingerprint density at radius 2 is 1.59 bits per heavy atom. The van der Waals surface area contributed by atoms with Gasteiger partial charge >= 0.3 is 0 Å². The van der Waals surface area contributed by atoms with Crippen LogP contribution in [0.5, 0.6) is 0 Å². The van der Waals surface area contributed by atoms with Crippen LogP contribution in [0.15, 0.2) is 88.3 Å². The van der Waals surface area contributed by atoms with Gasteiger partial charge in [0.25, 0.3) is 11.8 Å². The van der Waals surface area contributed by atoms with Crippen LogP contribution in [0, 0.1) is 6.92 Å². The lowest BCUT2D eigenvalue weighted by molar-refractivity contribution is -0.120. The highest BCUT2D eigenvalue weighted by Crippen LogP contribution is 2.38. The number of amides is 2. The Labute approximate surface area is 197 Å². The van der Waals surface area contributed by atoms with Gasteiger partial charge in [-0.1, -0.05) is 73.6 Å². The van der Waals surface area contributed by atoms with Crippen molar-refractivity contribution < 1.29 is 9.59 Å². The number of anilines is 2. The maximum atomic E-state index is 13.4. The first kappa shape index (κ1) is 22.2. The van der Waals surface area contributed by atoms with Crippen molar-refractivity contribution >= 4 is 46.6 Å². The van der Waals surface area contributed by atoms with Crippen molar-refractivity contribution in [3.8, 4) is 0 Å². The first-order valence-electron chi connectivity index (χ1n) is 10.3. The first-order valence-corrected chi connectivity index (χ1v) is 11.5. The van der Waals surface area contributed by atoms with E-state index >= 15 is 0 Å². The summed E-state index contributed by atoms with van der Waals surface area (Å²) in [6.07, 6.45) is 0. The molecular weight excluding hydrogens is 440 g/mol. The molecule has 1 aliphatic rings. The molecule has 6 heteroatoms. The number of thioether (sulfide) groups is 1. The number of nitrogens with zero attached hydrogens (tertiary/aromatic N) is 1. The van der Waals surface area contributed by atoms with Crippen molar-refractivity contribution in [1.82, 2.24) is 0 Å². The lowest BCUT2D eigenvalue weighted by atomic mass is 10.0. The van der Waals surface area contributed by atoms with Gasteiger partial charge in [-0.3, -0.25) is 9.59 Å². The van der Waals surface area contributed by atoms with Crippen molar-refractivity contribution in [2.24, 2.45) is 0 Å². The number of aryl methyl sites for hydroxylation is 1. The number of imide groups is 1.